The molecule has 1 aliphatic carbocycles. The summed E-state index contributed by atoms with van der Waals surface area (Å²) in [6.07, 6.45) is 5.72. The van der Waals surface area contributed by atoms with E-state index in [0.29, 0.717) is 12.1 Å². The van der Waals surface area contributed by atoms with Gasteiger partial charge in [0.25, 0.3) is 0 Å². The minimum absolute atomic E-state index is 0.458. The second-order valence-electron chi connectivity index (χ2n) is 6.42. The van der Waals surface area contributed by atoms with E-state index >= 15 is 0 Å². The predicted molar refractivity (Wildman–Crippen MR) is 86.3 cm³/mol. The van der Waals surface area contributed by atoms with Crippen molar-refractivity contribution in [1.82, 2.24) is 9.80 Å². The molecular weight excluding hydrogens is 260 g/mol. The molecule has 0 N–H and O–H groups in total. The molecule has 1 aliphatic heterocycles. The van der Waals surface area contributed by atoms with Crippen molar-refractivity contribution in [2.45, 2.75) is 44.4 Å². The van der Waals surface area contributed by atoms with E-state index in [0.717, 1.165) is 6.54 Å². The minimum Gasteiger partial charge on any atom is -0.380 e. The Morgan fingerprint density at radius 3 is 2.43 bits per heavy atom. The maximum absolute atomic E-state index is 5.72. The van der Waals surface area contributed by atoms with Gasteiger partial charge in [0, 0.05) is 45.9 Å². The molecule has 0 bridgehead atoms. The van der Waals surface area contributed by atoms with E-state index in [1.165, 1.54) is 57.4 Å². The van der Waals surface area contributed by atoms with Gasteiger partial charge in [-0.3, -0.25) is 9.80 Å². The molecule has 0 spiro atoms. The van der Waals surface area contributed by atoms with Gasteiger partial charge in [0.15, 0.2) is 0 Å². The fourth-order valence-corrected chi connectivity index (χ4v) is 3.86. The van der Waals surface area contributed by atoms with Crippen LogP contribution in [0.15, 0.2) is 30.3 Å². The van der Waals surface area contributed by atoms with Gasteiger partial charge in [-0.1, -0.05) is 43.2 Å². The number of ether oxygens (including phenoxy) is 1. The van der Waals surface area contributed by atoms with E-state index in [-0.39, 0.29) is 0 Å². The zero-order valence-electron chi connectivity index (χ0n) is 13.2. The van der Waals surface area contributed by atoms with Crippen LogP contribution < -0.4 is 0 Å². The molecule has 1 aromatic rings. The van der Waals surface area contributed by atoms with E-state index in [2.05, 4.69) is 40.1 Å². The molecule has 3 heteroatoms. The topological polar surface area (TPSA) is 15.7 Å². The van der Waals surface area contributed by atoms with Gasteiger partial charge in [-0.25, -0.2) is 0 Å². The molecule has 0 aromatic heterocycles. The Kier molecular flexibility index (Phi) is 5.28. The Morgan fingerprint density at radius 1 is 1.00 bits per heavy atom. The highest BCUT2D eigenvalue weighted by Gasteiger charge is 2.31. The van der Waals surface area contributed by atoms with Gasteiger partial charge in [-0.05, 0) is 18.4 Å². The van der Waals surface area contributed by atoms with Crippen LogP contribution in [-0.4, -0.2) is 55.2 Å². The monoisotopic (exact) mass is 288 g/mol. The first-order chi connectivity index (χ1) is 10.4. The lowest BCUT2D eigenvalue weighted by atomic mass is 9.90. The van der Waals surface area contributed by atoms with Crippen LogP contribution in [0, 0.1) is 0 Å². The Hall–Kier alpha value is -0.900. The molecule has 1 saturated heterocycles. The van der Waals surface area contributed by atoms with Crippen molar-refractivity contribution in [2.75, 3.05) is 33.3 Å². The van der Waals surface area contributed by atoms with Gasteiger partial charge < -0.3 is 4.74 Å². The Morgan fingerprint density at radius 2 is 1.71 bits per heavy atom. The first kappa shape index (κ1) is 15.0. The predicted octanol–water partition coefficient (Wildman–Crippen LogP) is 2.76. The van der Waals surface area contributed by atoms with E-state index in [4.69, 9.17) is 4.74 Å². The molecule has 3 rings (SSSR count). The standard InChI is InChI=1S/C18H28N2O/c1-21-18-10-6-5-9-17(18)20-13-11-19(12-14-20)15-16-7-3-2-4-8-16/h2-4,7-8,17-18H,5-6,9-15H2,1H3/t17-,18+/m0/s1. The van der Waals surface area contributed by atoms with Crippen molar-refractivity contribution in [3.8, 4) is 0 Å². The lowest BCUT2D eigenvalue weighted by molar-refractivity contribution is -0.0279. The van der Waals surface area contributed by atoms with Gasteiger partial charge >= 0.3 is 0 Å². The van der Waals surface area contributed by atoms with Crippen molar-refractivity contribution >= 4 is 0 Å². The highest BCUT2D eigenvalue weighted by Crippen LogP contribution is 2.26. The van der Waals surface area contributed by atoms with Crippen molar-refractivity contribution in [3.63, 3.8) is 0 Å². The first-order valence-corrected chi connectivity index (χ1v) is 8.40. The normalized spacial score (nSPS) is 28.6. The summed E-state index contributed by atoms with van der Waals surface area (Å²) in [4.78, 5) is 5.26. The molecule has 0 radical (unpaired) electrons. The quantitative estimate of drug-likeness (QED) is 0.847. The molecule has 1 heterocycles. The number of hydrogen-bond donors (Lipinski definition) is 0. The molecule has 0 unspecified atom stereocenters. The zero-order chi connectivity index (χ0) is 14.5. The van der Waals surface area contributed by atoms with Crippen LogP contribution in [0.3, 0.4) is 0 Å². The highest BCUT2D eigenvalue weighted by molar-refractivity contribution is 5.14. The lowest BCUT2D eigenvalue weighted by Crippen LogP contribution is -2.54. The summed E-state index contributed by atoms with van der Waals surface area (Å²) in [6.45, 7) is 5.84. The van der Waals surface area contributed by atoms with Gasteiger partial charge in [0.05, 0.1) is 6.10 Å². The van der Waals surface area contributed by atoms with Crippen molar-refractivity contribution in [2.24, 2.45) is 0 Å². The largest absolute Gasteiger partial charge is 0.380 e. The number of benzene rings is 1. The maximum atomic E-state index is 5.72. The second-order valence-corrected chi connectivity index (χ2v) is 6.42. The Labute approximate surface area is 128 Å². The number of methoxy groups -OCH3 is 1. The third-order valence-electron chi connectivity index (χ3n) is 5.10. The molecule has 21 heavy (non-hydrogen) atoms. The molecular formula is C18H28N2O. The highest BCUT2D eigenvalue weighted by atomic mass is 16.5. The molecule has 1 saturated carbocycles. The van der Waals surface area contributed by atoms with Crippen LogP contribution in [-0.2, 0) is 11.3 Å². The summed E-state index contributed by atoms with van der Waals surface area (Å²) in [7, 11) is 1.88. The van der Waals surface area contributed by atoms with Gasteiger partial charge in [0.2, 0.25) is 0 Å². The SMILES string of the molecule is CO[C@@H]1CCCC[C@@H]1N1CCN(Cc2ccccc2)CC1. The molecule has 116 valence electrons. The fraction of sp³-hybridized carbons (Fsp3) is 0.667. The molecule has 2 fully saturated rings. The first-order valence-electron chi connectivity index (χ1n) is 8.40. The van der Waals surface area contributed by atoms with Crippen LogP contribution in [0.1, 0.15) is 31.2 Å². The van der Waals surface area contributed by atoms with E-state index in [1.54, 1.807) is 0 Å². The van der Waals surface area contributed by atoms with E-state index < -0.39 is 0 Å². The minimum atomic E-state index is 0.458. The van der Waals surface area contributed by atoms with E-state index in [9.17, 15) is 0 Å². The second kappa shape index (κ2) is 7.39. The summed E-state index contributed by atoms with van der Waals surface area (Å²) in [5.74, 6) is 0. The maximum Gasteiger partial charge on any atom is 0.0726 e. The molecule has 0 amide bonds. The van der Waals surface area contributed by atoms with Crippen molar-refractivity contribution in [3.05, 3.63) is 35.9 Å². The molecule has 1 aromatic carbocycles. The number of piperazine rings is 1. The summed E-state index contributed by atoms with van der Waals surface area (Å²) in [6, 6.07) is 11.5. The fourth-order valence-electron chi connectivity index (χ4n) is 3.86. The van der Waals surface area contributed by atoms with Gasteiger partial charge in [-0.2, -0.15) is 0 Å². The van der Waals surface area contributed by atoms with Crippen LogP contribution in [0.4, 0.5) is 0 Å². The summed E-state index contributed by atoms with van der Waals surface area (Å²) >= 11 is 0. The average molecular weight is 288 g/mol. The summed E-state index contributed by atoms with van der Waals surface area (Å²) in [5.41, 5.74) is 1.43. The van der Waals surface area contributed by atoms with Crippen molar-refractivity contribution < 1.29 is 4.74 Å². The molecule has 3 nitrogen and oxygen atoms in total. The average Bonchev–Trinajstić information content (AvgIpc) is 2.56. The van der Waals surface area contributed by atoms with Gasteiger partial charge in [0.1, 0.15) is 0 Å². The van der Waals surface area contributed by atoms with E-state index in [1.807, 2.05) is 7.11 Å². The lowest BCUT2D eigenvalue weighted by Gasteiger charge is -2.43. The number of hydrogen-bond acceptors (Lipinski definition) is 3. The Balaban J connectivity index is 1.50. The van der Waals surface area contributed by atoms with Gasteiger partial charge in [-0.15, -0.1) is 0 Å². The zero-order valence-corrected chi connectivity index (χ0v) is 13.2. The smallest absolute Gasteiger partial charge is 0.0726 e. The number of nitrogens with zero attached hydrogens (tertiary/aromatic N) is 2. The third kappa shape index (κ3) is 3.85. The van der Waals surface area contributed by atoms with Crippen LogP contribution in [0.25, 0.3) is 0 Å². The van der Waals surface area contributed by atoms with Crippen LogP contribution in [0.5, 0.6) is 0 Å². The van der Waals surface area contributed by atoms with Crippen LogP contribution >= 0.6 is 0 Å². The van der Waals surface area contributed by atoms with Crippen molar-refractivity contribution in [1.29, 1.82) is 0 Å². The summed E-state index contributed by atoms with van der Waals surface area (Å²) in [5, 5.41) is 0. The third-order valence-corrected chi connectivity index (χ3v) is 5.10. The number of rotatable bonds is 4. The van der Waals surface area contributed by atoms with Crippen LogP contribution in [0.2, 0.25) is 0 Å². The molecule has 2 atom stereocenters. The Bertz CT molecular complexity index is 414. The summed E-state index contributed by atoms with van der Waals surface area (Å²) < 4.78 is 5.72. The molecule has 2 aliphatic rings.